The second kappa shape index (κ2) is 2.58. The van der Waals surface area contributed by atoms with Crippen molar-refractivity contribution >= 4 is 0 Å². The van der Waals surface area contributed by atoms with E-state index in [1.54, 1.807) is 0 Å². The van der Waals surface area contributed by atoms with Crippen molar-refractivity contribution in [1.29, 1.82) is 0 Å². The molecule has 10 heavy (non-hydrogen) atoms. The van der Waals surface area contributed by atoms with E-state index >= 15 is 0 Å². The molecule has 0 saturated heterocycles. The molecule has 0 fully saturated rings. The van der Waals surface area contributed by atoms with Gasteiger partial charge in [0.05, 0.1) is 0 Å². The SMILES string of the molecule is C=C1C=C(CO)OC=C1O. The summed E-state index contributed by atoms with van der Waals surface area (Å²) in [6, 6.07) is 0. The summed E-state index contributed by atoms with van der Waals surface area (Å²) in [5.41, 5.74) is 0.454. The largest absolute Gasteiger partial charge is 0.504 e. The first-order chi connectivity index (χ1) is 4.74. The third-order valence-corrected chi connectivity index (χ3v) is 1.14. The highest BCUT2D eigenvalue weighted by Crippen LogP contribution is 2.15. The molecule has 0 atom stereocenters. The molecule has 54 valence electrons. The lowest BCUT2D eigenvalue weighted by Gasteiger charge is -2.10. The Bertz CT molecular complexity index is 213. The maximum absolute atomic E-state index is 8.90. The molecule has 0 amide bonds. The van der Waals surface area contributed by atoms with Crippen LogP contribution in [0.25, 0.3) is 0 Å². The van der Waals surface area contributed by atoms with E-state index in [0.717, 1.165) is 6.26 Å². The highest BCUT2D eigenvalue weighted by Gasteiger charge is 2.06. The summed E-state index contributed by atoms with van der Waals surface area (Å²) < 4.78 is 4.75. The van der Waals surface area contributed by atoms with Gasteiger partial charge in [-0.1, -0.05) is 6.58 Å². The molecule has 0 aromatic rings. The van der Waals surface area contributed by atoms with Gasteiger partial charge in [-0.2, -0.15) is 0 Å². The van der Waals surface area contributed by atoms with Crippen molar-refractivity contribution in [1.82, 2.24) is 0 Å². The van der Waals surface area contributed by atoms with Crippen LogP contribution in [-0.4, -0.2) is 16.8 Å². The second-order valence-electron chi connectivity index (χ2n) is 1.91. The van der Waals surface area contributed by atoms with Gasteiger partial charge < -0.3 is 14.9 Å². The number of ether oxygens (including phenoxy) is 1. The van der Waals surface area contributed by atoms with Crippen LogP contribution >= 0.6 is 0 Å². The van der Waals surface area contributed by atoms with Crippen molar-refractivity contribution in [3.05, 3.63) is 36.0 Å². The van der Waals surface area contributed by atoms with E-state index in [-0.39, 0.29) is 12.4 Å². The highest BCUT2D eigenvalue weighted by molar-refractivity contribution is 5.35. The third kappa shape index (κ3) is 1.19. The van der Waals surface area contributed by atoms with Gasteiger partial charge in [-0.25, -0.2) is 0 Å². The molecular weight excluding hydrogens is 132 g/mol. The van der Waals surface area contributed by atoms with E-state index in [2.05, 4.69) is 6.58 Å². The minimum absolute atomic E-state index is 0.00259. The molecule has 1 aliphatic heterocycles. The topological polar surface area (TPSA) is 49.7 Å². The Morgan fingerprint density at radius 1 is 1.60 bits per heavy atom. The number of allylic oxidation sites excluding steroid dienone is 1. The number of rotatable bonds is 1. The van der Waals surface area contributed by atoms with Crippen molar-refractivity contribution in [2.75, 3.05) is 6.61 Å². The molecule has 0 aromatic carbocycles. The van der Waals surface area contributed by atoms with Gasteiger partial charge >= 0.3 is 0 Å². The van der Waals surface area contributed by atoms with Crippen LogP contribution in [0.1, 0.15) is 0 Å². The van der Waals surface area contributed by atoms with Crippen molar-refractivity contribution in [3.63, 3.8) is 0 Å². The van der Waals surface area contributed by atoms with E-state index in [9.17, 15) is 0 Å². The monoisotopic (exact) mass is 140 g/mol. The average molecular weight is 140 g/mol. The van der Waals surface area contributed by atoms with Crippen LogP contribution in [0.5, 0.6) is 0 Å². The van der Waals surface area contributed by atoms with E-state index in [4.69, 9.17) is 14.9 Å². The minimum Gasteiger partial charge on any atom is -0.504 e. The van der Waals surface area contributed by atoms with Gasteiger partial charge in [-0.05, 0) is 6.08 Å². The Hall–Kier alpha value is -1.22. The second-order valence-corrected chi connectivity index (χ2v) is 1.91. The fourth-order valence-corrected chi connectivity index (χ4v) is 0.592. The van der Waals surface area contributed by atoms with Crippen LogP contribution < -0.4 is 0 Å². The van der Waals surface area contributed by atoms with Crippen LogP contribution in [0.2, 0.25) is 0 Å². The molecule has 1 heterocycles. The first-order valence-electron chi connectivity index (χ1n) is 2.80. The number of hydrogen-bond acceptors (Lipinski definition) is 3. The zero-order chi connectivity index (χ0) is 7.56. The predicted octanol–water partition coefficient (Wildman–Crippen LogP) is 0.848. The van der Waals surface area contributed by atoms with Crippen LogP contribution in [0.4, 0.5) is 0 Å². The van der Waals surface area contributed by atoms with Crippen LogP contribution in [0, 0.1) is 0 Å². The maximum atomic E-state index is 8.90. The molecule has 0 aromatic heterocycles. The smallest absolute Gasteiger partial charge is 0.157 e. The van der Waals surface area contributed by atoms with Gasteiger partial charge in [0, 0.05) is 5.57 Å². The molecule has 1 rings (SSSR count). The lowest BCUT2D eigenvalue weighted by Crippen LogP contribution is -2.00. The van der Waals surface area contributed by atoms with E-state index < -0.39 is 0 Å². The van der Waals surface area contributed by atoms with Crippen molar-refractivity contribution in [2.24, 2.45) is 0 Å². The first-order valence-corrected chi connectivity index (χ1v) is 2.80. The third-order valence-electron chi connectivity index (χ3n) is 1.14. The Kier molecular flexibility index (Phi) is 1.78. The van der Waals surface area contributed by atoms with Crippen molar-refractivity contribution < 1.29 is 14.9 Å². The molecule has 3 nitrogen and oxygen atoms in total. The molecule has 0 saturated carbocycles. The standard InChI is InChI=1S/C7H8O3/c1-5-2-6(3-8)10-4-7(5)9/h2,4,8-9H,1,3H2. The summed E-state index contributed by atoms with van der Waals surface area (Å²) in [6.45, 7) is 3.33. The molecule has 3 heteroatoms. The summed E-state index contributed by atoms with van der Waals surface area (Å²) in [7, 11) is 0. The zero-order valence-electron chi connectivity index (χ0n) is 5.37. The Morgan fingerprint density at radius 2 is 2.30 bits per heavy atom. The summed E-state index contributed by atoms with van der Waals surface area (Å²) in [4.78, 5) is 0. The number of aliphatic hydroxyl groups excluding tert-OH is 2. The zero-order valence-corrected chi connectivity index (χ0v) is 5.37. The molecular formula is C7H8O3. The fraction of sp³-hybridized carbons (Fsp3) is 0.143. The molecule has 0 radical (unpaired) electrons. The quantitative estimate of drug-likeness (QED) is 0.567. The van der Waals surface area contributed by atoms with Crippen LogP contribution in [0.15, 0.2) is 36.0 Å². The maximum Gasteiger partial charge on any atom is 0.157 e. The van der Waals surface area contributed by atoms with Gasteiger partial charge in [-0.15, -0.1) is 0 Å². The van der Waals surface area contributed by atoms with Gasteiger partial charge in [-0.3, -0.25) is 0 Å². The lowest BCUT2D eigenvalue weighted by molar-refractivity contribution is 0.221. The molecule has 2 N–H and O–H groups in total. The summed E-state index contributed by atoms with van der Waals surface area (Å²) in [5, 5.41) is 17.5. The molecule has 0 unspecified atom stereocenters. The van der Waals surface area contributed by atoms with Gasteiger partial charge in [0.25, 0.3) is 0 Å². The van der Waals surface area contributed by atoms with Gasteiger partial charge in [0.1, 0.15) is 18.6 Å². The van der Waals surface area contributed by atoms with Crippen LogP contribution in [0.3, 0.4) is 0 Å². The molecule has 1 aliphatic rings. The van der Waals surface area contributed by atoms with Gasteiger partial charge in [0.15, 0.2) is 5.76 Å². The average Bonchev–Trinajstić information content (AvgIpc) is 1.95. The fourth-order valence-electron chi connectivity index (χ4n) is 0.592. The van der Waals surface area contributed by atoms with Gasteiger partial charge in [0.2, 0.25) is 0 Å². The molecule has 0 bridgehead atoms. The number of aliphatic hydroxyl groups is 2. The van der Waals surface area contributed by atoms with E-state index in [1.807, 2.05) is 0 Å². The van der Waals surface area contributed by atoms with Crippen LogP contribution in [-0.2, 0) is 4.74 Å². The van der Waals surface area contributed by atoms with E-state index in [0.29, 0.717) is 11.3 Å². The lowest BCUT2D eigenvalue weighted by atomic mass is 10.2. The van der Waals surface area contributed by atoms with Crippen molar-refractivity contribution in [3.8, 4) is 0 Å². The summed E-state index contributed by atoms with van der Waals surface area (Å²) in [5.74, 6) is 0.389. The molecule has 0 spiro atoms. The minimum atomic E-state index is -0.178. The Balaban J connectivity index is 2.74. The highest BCUT2D eigenvalue weighted by atomic mass is 16.5. The summed E-state index contributed by atoms with van der Waals surface area (Å²) >= 11 is 0. The number of hydrogen-bond donors (Lipinski definition) is 2. The molecule has 0 aliphatic carbocycles. The van der Waals surface area contributed by atoms with Crippen molar-refractivity contribution in [2.45, 2.75) is 0 Å². The Morgan fingerprint density at radius 3 is 2.80 bits per heavy atom. The Labute approximate surface area is 58.6 Å². The normalized spacial score (nSPS) is 17.5. The summed E-state index contributed by atoms with van der Waals surface area (Å²) in [6.07, 6.45) is 2.63. The van der Waals surface area contributed by atoms with E-state index in [1.165, 1.54) is 6.08 Å². The first kappa shape index (κ1) is 6.89. The predicted molar refractivity (Wildman–Crippen MR) is 36.1 cm³/mol.